The van der Waals surface area contributed by atoms with Gasteiger partial charge in [-0.2, -0.15) is 0 Å². The minimum Gasteiger partial charge on any atom is -0.357 e. The number of benzene rings is 7. The zero-order chi connectivity index (χ0) is 30.6. The predicted octanol–water partition coefficient (Wildman–Crippen LogP) is 12.3. The lowest BCUT2D eigenvalue weighted by atomic mass is 9.82. The van der Waals surface area contributed by atoms with Crippen molar-refractivity contribution in [3.8, 4) is 5.69 Å². The quantitative estimate of drug-likeness (QED) is 0.204. The third kappa shape index (κ3) is 3.49. The van der Waals surface area contributed by atoms with E-state index in [-0.39, 0.29) is 5.92 Å². The summed E-state index contributed by atoms with van der Waals surface area (Å²) in [6.45, 7) is 0. The van der Waals surface area contributed by atoms with Crippen LogP contribution in [0, 0.1) is 0 Å². The van der Waals surface area contributed by atoms with Crippen molar-refractivity contribution in [2.45, 2.75) is 12.3 Å². The lowest BCUT2D eigenvalue weighted by molar-refractivity contribution is 0.856. The number of anilines is 1. The van der Waals surface area contributed by atoms with Gasteiger partial charge >= 0.3 is 0 Å². The van der Waals surface area contributed by atoms with Gasteiger partial charge in [-0.1, -0.05) is 115 Å². The molecule has 47 heavy (non-hydrogen) atoms. The summed E-state index contributed by atoms with van der Waals surface area (Å²) in [7, 11) is 0. The Morgan fingerprint density at radius 2 is 1.30 bits per heavy atom. The van der Waals surface area contributed by atoms with Crippen LogP contribution in [0.2, 0.25) is 0 Å². The highest BCUT2D eigenvalue weighted by Gasteiger charge is 2.34. The van der Waals surface area contributed by atoms with Crippen molar-refractivity contribution in [3.05, 3.63) is 162 Å². The molecular formula is C44H28N2S. The molecule has 2 nitrogen and oxygen atoms in total. The van der Waals surface area contributed by atoms with Crippen molar-refractivity contribution in [2.75, 3.05) is 5.32 Å². The number of aromatic nitrogens is 1. The Kier molecular flexibility index (Phi) is 5.13. The summed E-state index contributed by atoms with van der Waals surface area (Å²) >= 11 is 1.95. The summed E-state index contributed by atoms with van der Waals surface area (Å²) in [5.41, 5.74) is 10.4. The van der Waals surface area contributed by atoms with Crippen LogP contribution in [-0.2, 0) is 0 Å². The number of rotatable bonds is 2. The van der Waals surface area contributed by atoms with Crippen molar-refractivity contribution < 1.29 is 0 Å². The van der Waals surface area contributed by atoms with Gasteiger partial charge in [-0.15, -0.1) is 11.3 Å². The Morgan fingerprint density at radius 3 is 2.19 bits per heavy atom. The van der Waals surface area contributed by atoms with E-state index in [4.69, 9.17) is 0 Å². The third-order valence-electron chi connectivity index (χ3n) is 10.5. The van der Waals surface area contributed by atoms with Crippen molar-refractivity contribution >= 4 is 86.1 Å². The molecule has 1 unspecified atom stereocenters. The molecule has 0 radical (unpaired) electrons. The Labute approximate surface area is 275 Å². The Bertz CT molecular complexity index is 2850. The van der Waals surface area contributed by atoms with E-state index in [2.05, 4.69) is 155 Å². The number of fused-ring (bicyclic) bond motifs is 15. The molecule has 9 aromatic rings. The van der Waals surface area contributed by atoms with Crippen molar-refractivity contribution in [2.24, 2.45) is 0 Å². The van der Waals surface area contributed by atoms with Gasteiger partial charge in [0.15, 0.2) is 0 Å². The fourth-order valence-electron chi connectivity index (χ4n) is 8.42. The molecule has 0 amide bonds. The highest BCUT2D eigenvalue weighted by Crippen LogP contribution is 2.55. The molecule has 0 fully saturated rings. The van der Waals surface area contributed by atoms with Gasteiger partial charge < -0.3 is 9.88 Å². The highest BCUT2D eigenvalue weighted by atomic mass is 32.1. The maximum absolute atomic E-state index is 3.95. The average molecular weight is 617 g/mol. The smallest absolute Gasteiger partial charge is 0.0609 e. The van der Waals surface area contributed by atoms with Crippen molar-refractivity contribution in [3.63, 3.8) is 0 Å². The summed E-state index contributed by atoms with van der Waals surface area (Å²) < 4.78 is 5.17. The minimum atomic E-state index is 0.289. The highest BCUT2D eigenvalue weighted by molar-refractivity contribution is 7.27. The molecule has 11 rings (SSSR count). The molecule has 0 spiro atoms. The van der Waals surface area contributed by atoms with Crippen molar-refractivity contribution in [1.29, 1.82) is 0 Å². The second kappa shape index (κ2) is 9.45. The van der Waals surface area contributed by atoms with Crippen LogP contribution in [0.15, 0.2) is 151 Å². The van der Waals surface area contributed by atoms with Gasteiger partial charge in [0.1, 0.15) is 0 Å². The lowest BCUT2D eigenvalue weighted by Crippen LogP contribution is -2.05. The molecule has 1 aliphatic carbocycles. The van der Waals surface area contributed by atoms with Crippen LogP contribution >= 0.6 is 11.3 Å². The number of allylic oxidation sites excluding steroid dienone is 4. The zero-order valence-corrected chi connectivity index (χ0v) is 26.3. The van der Waals surface area contributed by atoms with Gasteiger partial charge in [0, 0.05) is 43.5 Å². The maximum Gasteiger partial charge on any atom is 0.0609 e. The van der Waals surface area contributed by atoms with Gasteiger partial charge in [0.2, 0.25) is 0 Å². The number of nitrogens with zero attached hydrogens (tertiary/aromatic N) is 1. The average Bonchev–Trinajstić information content (AvgIpc) is 3.82. The topological polar surface area (TPSA) is 17.0 Å². The fourth-order valence-corrected chi connectivity index (χ4v) is 9.79. The van der Waals surface area contributed by atoms with E-state index in [1.807, 2.05) is 11.3 Å². The molecule has 3 heteroatoms. The van der Waals surface area contributed by atoms with E-state index in [9.17, 15) is 0 Å². The maximum atomic E-state index is 3.95. The van der Waals surface area contributed by atoms with Gasteiger partial charge in [-0.3, -0.25) is 0 Å². The van der Waals surface area contributed by atoms with E-state index >= 15 is 0 Å². The molecule has 2 aromatic heterocycles. The standard InChI is InChI=1S/C44H28N2S/c1-2-11-29(12-3-1)46-38-17-9-8-14-31(38)32-21-19-28(25-39(32)46)27-20-23-37-36(24-27)40-33-15-6-7-16-34(33)41-35-22-18-26-10-4-5-13-30(26)43(35)47-44(41)42(40)45-37/h1-23,25,36,45H,24H2. The van der Waals surface area contributed by atoms with E-state index in [0.29, 0.717) is 0 Å². The van der Waals surface area contributed by atoms with Crippen LogP contribution in [0.25, 0.3) is 74.8 Å². The van der Waals surface area contributed by atoms with E-state index in [1.54, 1.807) is 0 Å². The molecule has 1 N–H and O–H groups in total. The van der Waals surface area contributed by atoms with Crippen LogP contribution in [0.3, 0.4) is 0 Å². The van der Waals surface area contributed by atoms with Crippen molar-refractivity contribution in [1.82, 2.24) is 4.57 Å². The van der Waals surface area contributed by atoms with E-state index in [0.717, 1.165) is 6.42 Å². The van der Waals surface area contributed by atoms with E-state index in [1.165, 1.54) is 97.3 Å². The second-order valence-corrected chi connectivity index (χ2v) is 13.9. The molecule has 1 atom stereocenters. The Balaban J connectivity index is 1.09. The molecule has 2 aliphatic rings. The van der Waals surface area contributed by atoms with Gasteiger partial charge in [-0.25, -0.2) is 0 Å². The van der Waals surface area contributed by atoms with Gasteiger partial charge in [0.25, 0.3) is 0 Å². The number of hydrogen-bond acceptors (Lipinski definition) is 2. The third-order valence-corrected chi connectivity index (χ3v) is 11.8. The predicted molar refractivity (Wildman–Crippen MR) is 202 cm³/mol. The number of nitrogens with one attached hydrogen (secondary N) is 1. The minimum absolute atomic E-state index is 0.289. The lowest BCUT2D eigenvalue weighted by Gasteiger charge is -2.21. The molecule has 1 aliphatic heterocycles. The summed E-state index contributed by atoms with van der Waals surface area (Å²) in [6, 6.07) is 49.1. The van der Waals surface area contributed by atoms with Gasteiger partial charge in [-0.05, 0) is 75.0 Å². The summed E-state index contributed by atoms with van der Waals surface area (Å²) in [6.07, 6.45) is 5.65. The zero-order valence-electron chi connectivity index (χ0n) is 25.5. The number of para-hydroxylation sites is 2. The first-order valence-corrected chi connectivity index (χ1v) is 17.2. The largest absolute Gasteiger partial charge is 0.357 e. The number of thiophene rings is 1. The number of hydrogen-bond donors (Lipinski definition) is 1. The summed E-state index contributed by atoms with van der Waals surface area (Å²) in [4.78, 5) is 0. The molecule has 0 saturated heterocycles. The molecule has 7 aromatic carbocycles. The molecule has 0 bridgehead atoms. The first kappa shape index (κ1) is 25.5. The normalized spacial score (nSPS) is 15.8. The summed E-state index contributed by atoms with van der Waals surface area (Å²) in [5, 5.41) is 14.6. The molecule has 0 saturated carbocycles. The molecule has 3 heterocycles. The van der Waals surface area contributed by atoms with Crippen LogP contribution < -0.4 is 5.32 Å². The fraction of sp³-hybridized carbons (Fsp3) is 0.0455. The monoisotopic (exact) mass is 616 g/mol. The first-order chi connectivity index (χ1) is 23.3. The SMILES string of the molecule is C1=C(c2ccc3c4ccccc4n(-c4ccccc4)c3c2)CC2C(=C1)Nc1c2c2ccccc2c2c1sc1c3ccccc3ccc12. The summed E-state index contributed by atoms with van der Waals surface area (Å²) in [5.74, 6) is 0.289. The van der Waals surface area contributed by atoms with Gasteiger partial charge in [0.05, 0.1) is 21.4 Å². The molecule has 220 valence electrons. The van der Waals surface area contributed by atoms with E-state index < -0.39 is 0 Å². The van der Waals surface area contributed by atoms with Crippen LogP contribution in [0.5, 0.6) is 0 Å². The molecular weight excluding hydrogens is 589 g/mol. The first-order valence-electron chi connectivity index (χ1n) is 16.4. The Hall–Kier alpha value is -5.64. The van der Waals surface area contributed by atoms with Crippen LogP contribution in [0.1, 0.15) is 23.5 Å². The van der Waals surface area contributed by atoms with Crippen LogP contribution in [0.4, 0.5) is 5.69 Å². The Morgan fingerprint density at radius 1 is 0.574 bits per heavy atom. The van der Waals surface area contributed by atoms with Crippen LogP contribution in [-0.4, -0.2) is 4.57 Å². The second-order valence-electron chi connectivity index (χ2n) is 12.9.